The average Bonchev–Trinajstić information content (AvgIpc) is 2.26. The molecule has 1 saturated carbocycles. The Morgan fingerprint density at radius 1 is 1.41 bits per heavy atom. The lowest BCUT2D eigenvalue weighted by Gasteiger charge is -2.40. The van der Waals surface area contributed by atoms with Gasteiger partial charge in [-0.25, -0.2) is 4.39 Å². The number of hydrogen-bond donors (Lipinski definition) is 2. The molecule has 3 nitrogen and oxygen atoms in total. The average molecular weight is 238 g/mol. The molecule has 1 aromatic carbocycles. The molecule has 2 rings (SSSR count). The molecule has 0 aliphatic heterocycles. The van der Waals surface area contributed by atoms with E-state index in [1.54, 1.807) is 6.07 Å². The zero-order valence-electron chi connectivity index (χ0n) is 9.90. The molecule has 94 valence electrons. The van der Waals surface area contributed by atoms with E-state index in [2.05, 4.69) is 4.90 Å². The lowest BCUT2D eigenvalue weighted by Crippen LogP contribution is -2.42. The van der Waals surface area contributed by atoms with E-state index in [1.165, 1.54) is 12.5 Å². The summed E-state index contributed by atoms with van der Waals surface area (Å²) in [6, 6.07) is 5.45. The maximum absolute atomic E-state index is 13.7. The number of benzene rings is 1. The topological polar surface area (TPSA) is 49.5 Å². The summed E-state index contributed by atoms with van der Waals surface area (Å²) in [6.07, 6.45) is 3.43. The Morgan fingerprint density at radius 3 is 2.71 bits per heavy atom. The number of hydrogen-bond acceptors (Lipinski definition) is 3. The number of aliphatic hydroxyl groups excluding tert-OH is 1. The molecule has 0 amide bonds. The van der Waals surface area contributed by atoms with Crippen molar-refractivity contribution < 1.29 is 9.50 Å². The number of nitrogens with two attached hydrogens (primary N) is 1. The highest BCUT2D eigenvalue weighted by Crippen LogP contribution is 2.32. The number of halogens is 1. The summed E-state index contributed by atoms with van der Waals surface area (Å²) in [4.78, 5) is 2.09. The Labute approximate surface area is 101 Å². The Balaban J connectivity index is 2.30. The summed E-state index contributed by atoms with van der Waals surface area (Å²) in [5.41, 5.74) is 7.00. The molecule has 0 aromatic heterocycles. The molecule has 0 spiro atoms. The van der Waals surface area contributed by atoms with Crippen LogP contribution in [0, 0.1) is 5.82 Å². The van der Waals surface area contributed by atoms with Gasteiger partial charge < -0.3 is 15.7 Å². The molecule has 0 radical (unpaired) electrons. The maximum Gasteiger partial charge on any atom is 0.129 e. The van der Waals surface area contributed by atoms with Gasteiger partial charge in [-0.3, -0.25) is 0 Å². The van der Waals surface area contributed by atoms with Gasteiger partial charge in [-0.2, -0.15) is 0 Å². The van der Waals surface area contributed by atoms with Crippen LogP contribution in [0.15, 0.2) is 18.2 Å². The third kappa shape index (κ3) is 2.42. The molecule has 3 N–H and O–H groups in total. The Kier molecular flexibility index (Phi) is 3.97. The van der Waals surface area contributed by atoms with Crippen LogP contribution in [0.25, 0.3) is 0 Å². The van der Waals surface area contributed by atoms with Gasteiger partial charge in [-0.15, -0.1) is 0 Å². The monoisotopic (exact) mass is 238 g/mol. The highest BCUT2D eigenvalue weighted by atomic mass is 19.1. The second-order valence-electron chi connectivity index (χ2n) is 4.44. The summed E-state index contributed by atoms with van der Waals surface area (Å²) < 4.78 is 13.7. The first kappa shape index (κ1) is 12.3. The standard InChI is InChI=1S/C13H19FN2O/c14-12-5-2-6-13(11(12)9-15)16(7-8-17)10-3-1-4-10/h2,5-6,10,17H,1,3-4,7-9,15H2. The molecule has 1 aliphatic rings. The summed E-state index contributed by atoms with van der Waals surface area (Å²) in [7, 11) is 0. The summed E-state index contributed by atoms with van der Waals surface area (Å²) in [5.74, 6) is -0.257. The van der Waals surface area contributed by atoms with E-state index < -0.39 is 0 Å². The smallest absolute Gasteiger partial charge is 0.129 e. The van der Waals surface area contributed by atoms with Crippen molar-refractivity contribution in [3.63, 3.8) is 0 Å². The van der Waals surface area contributed by atoms with Gasteiger partial charge in [0.15, 0.2) is 0 Å². The molecule has 1 aliphatic carbocycles. The van der Waals surface area contributed by atoms with Crippen LogP contribution in [0.5, 0.6) is 0 Å². The van der Waals surface area contributed by atoms with Crippen LogP contribution in [0.4, 0.5) is 10.1 Å². The summed E-state index contributed by atoms with van der Waals surface area (Å²) in [6.45, 7) is 0.814. The van der Waals surface area contributed by atoms with Crippen molar-refractivity contribution in [1.82, 2.24) is 0 Å². The van der Waals surface area contributed by atoms with Crippen molar-refractivity contribution in [3.8, 4) is 0 Å². The lowest BCUT2D eigenvalue weighted by molar-refractivity contribution is 0.283. The molecular formula is C13H19FN2O. The third-order valence-corrected chi connectivity index (χ3v) is 3.46. The van der Waals surface area contributed by atoms with Crippen LogP contribution in [0.3, 0.4) is 0 Å². The minimum absolute atomic E-state index is 0.0804. The van der Waals surface area contributed by atoms with E-state index in [0.717, 1.165) is 18.5 Å². The normalized spacial score (nSPS) is 15.7. The second-order valence-corrected chi connectivity index (χ2v) is 4.44. The zero-order valence-corrected chi connectivity index (χ0v) is 9.90. The fourth-order valence-electron chi connectivity index (χ4n) is 2.32. The molecule has 0 atom stereocenters. The largest absolute Gasteiger partial charge is 0.395 e. The van der Waals surface area contributed by atoms with Crippen molar-refractivity contribution in [2.24, 2.45) is 5.73 Å². The van der Waals surface area contributed by atoms with Crippen molar-refractivity contribution in [3.05, 3.63) is 29.6 Å². The minimum Gasteiger partial charge on any atom is -0.395 e. The van der Waals surface area contributed by atoms with Crippen molar-refractivity contribution in [1.29, 1.82) is 0 Å². The van der Waals surface area contributed by atoms with E-state index >= 15 is 0 Å². The predicted molar refractivity (Wildman–Crippen MR) is 66.4 cm³/mol. The Hall–Kier alpha value is -1.13. The van der Waals surface area contributed by atoms with Gasteiger partial charge in [0, 0.05) is 30.4 Å². The molecule has 4 heteroatoms. The molecule has 1 fully saturated rings. The van der Waals surface area contributed by atoms with Crippen LogP contribution in [-0.4, -0.2) is 24.3 Å². The Bertz CT molecular complexity index is 380. The van der Waals surface area contributed by atoms with Crippen LogP contribution in [0.1, 0.15) is 24.8 Å². The molecule has 0 saturated heterocycles. The lowest BCUT2D eigenvalue weighted by atomic mass is 9.90. The van der Waals surface area contributed by atoms with Crippen molar-refractivity contribution in [2.45, 2.75) is 31.8 Å². The Morgan fingerprint density at radius 2 is 2.18 bits per heavy atom. The first-order valence-corrected chi connectivity index (χ1v) is 6.13. The SMILES string of the molecule is NCc1c(F)cccc1N(CCO)C1CCC1. The molecular weight excluding hydrogens is 219 g/mol. The van der Waals surface area contributed by atoms with Crippen LogP contribution in [-0.2, 0) is 6.54 Å². The molecule has 0 unspecified atom stereocenters. The highest BCUT2D eigenvalue weighted by Gasteiger charge is 2.26. The van der Waals surface area contributed by atoms with Gasteiger partial charge in [-0.1, -0.05) is 6.07 Å². The van der Waals surface area contributed by atoms with Gasteiger partial charge in [0.05, 0.1) is 6.61 Å². The first-order chi connectivity index (χ1) is 8.27. The quantitative estimate of drug-likeness (QED) is 0.819. The minimum atomic E-state index is -0.257. The van der Waals surface area contributed by atoms with E-state index in [9.17, 15) is 4.39 Å². The van der Waals surface area contributed by atoms with E-state index in [-0.39, 0.29) is 19.0 Å². The fraction of sp³-hybridized carbons (Fsp3) is 0.538. The molecule has 17 heavy (non-hydrogen) atoms. The summed E-state index contributed by atoms with van der Waals surface area (Å²) >= 11 is 0. The van der Waals surface area contributed by atoms with Crippen molar-refractivity contribution >= 4 is 5.69 Å². The number of anilines is 1. The van der Waals surface area contributed by atoms with Gasteiger partial charge in [0.1, 0.15) is 5.82 Å². The highest BCUT2D eigenvalue weighted by molar-refractivity contribution is 5.55. The molecule has 0 bridgehead atoms. The van der Waals surface area contributed by atoms with Crippen LogP contribution in [0.2, 0.25) is 0 Å². The van der Waals surface area contributed by atoms with E-state index in [4.69, 9.17) is 10.8 Å². The second kappa shape index (κ2) is 5.47. The van der Waals surface area contributed by atoms with Crippen LogP contribution >= 0.6 is 0 Å². The van der Waals surface area contributed by atoms with E-state index in [1.807, 2.05) is 6.07 Å². The van der Waals surface area contributed by atoms with Crippen LogP contribution < -0.4 is 10.6 Å². The first-order valence-electron chi connectivity index (χ1n) is 6.13. The predicted octanol–water partition coefficient (Wildman–Crippen LogP) is 1.64. The fourth-order valence-corrected chi connectivity index (χ4v) is 2.32. The third-order valence-electron chi connectivity index (χ3n) is 3.46. The van der Waals surface area contributed by atoms with Gasteiger partial charge in [-0.05, 0) is 31.4 Å². The van der Waals surface area contributed by atoms with Gasteiger partial charge in [0.2, 0.25) is 0 Å². The molecule has 0 heterocycles. The van der Waals surface area contributed by atoms with E-state index in [0.29, 0.717) is 18.2 Å². The van der Waals surface area contributed by atoms with Gasteiger partial charge in [0.25, 0.3) is 0 Å². The number of nitrogens with zero attached hydrogens (tertiary/aromatic N) is 1. The van der Waals surface area contributed by atoms with Gasteiger partial charge >= 0.3 is 0 Å². The number of rotatable bonds is 5. The number of aliphatic hydroxyl groups is 1. The molecule has 1 aromatic rings. The summed E-state index contributed by atoms with van der Waals surface area (Å²) in [5, 5.41) is 9.13. The van der Waals surface area contributed by atoms with Crippen molar-refractivity contribution in [2.75, 3.05) is 18.1 Å². The zero-order chi connectivity index (χ0) is 12.3. The maximum atomic E-state index is 13.7.